The lowest BCUT2D eigenvalue weighted by atomic mass is 10.1. The molecule has 4 amide bonds. The molecule has 0 bridgehead atoms. The number of sulfonamides is 4. The van der Waals surface area contributed by atoms with Gasteiger partial charge in [-0.3, -0.25) is 19.2 Å². The summed E-state index contributed by atoms with van der Waals surface area (Å²) in [5.74, 6) is 2.68. The highest BCUT2D eigenvalue weighted by Gasteiger charge is 2.33. The monoisotopic (exact) mass is 1560 g/mol. The van der Waals surface area contributed by atoms with Crippen LogP contribution in [0.25, 0.3) is 22.3 Å². The predicted molar refractivity (Wildman–Crippen MR) is 422 cm³/mol. The fourth-order valence-electron chi connectivity index (χ4n) is 12.2. The first-order valence-electron chi connectivity index (χ1n) is 36.9. The van der Waals surface area contributed by atoms with Crippen molar-refractivity contribution in [3.05, 3.63) is 205 Å². The summed E-state index contributed by atoms with van der Waals surface area (Å²) >= 11 is 0. The lowest BCUT2D eigenvalue weighted by molar-refractivity contribution is -0.135. The van der Waals surface area contributed by atoms with E-state index in [2.05, 4.69) is 6.92 Å². The Hall–Kier alpha value is -8.74. The molecule has 0 atom stereocenters. The number of ether oxygens (including phenoxy) is 4. The summed E-state index contributed by atoms with van der Waals surface area (Å²) in [5.41, 5.74) is 7.77. The van der Waals surface area contributed by atoms with Crippen molar-refractivity contribution in [1.29, 1.82) is 0 Å². The van der Waals surface area contributed by atoms with Crippen LogP contribution in [0.3, 0.4) is 0 Å². The molecule has 4 aliphatic heterocycles. The van der Waals surface area contributed by atoms with Gasteiger partial charge in [0.15, 0.2) is 26.4 Å². The van der Waals surface area contributed by atoms with E-state index in [0.29, 0.717) is 153 Å². The normalized spacial score (nSPS) is 15.6. The van der Waals surface area contributed by atoms with Crippen LogP contribution in [-0.2, 0) is 72.1 Å². The topological polar surface area (TPSA) is 268 Å². The Morgan fingerprint density at radius 3 is 0.796 bits per heavy atom. The van der Waals surface area contributed by atoms with E-state index >= 15 is 0 Å². The molecule has 28 heteroatoms. The van der Waals surface area contributed by atoms with Crippen LogP contribution < -0.4 is 18.9 Å². The van der Waals surface area contributed by atoms with Crippen LogP contribution in [0.5, 0.6) is 23.0 Å². The second-order valence-corrected chi connectivity index (χ2v) is 34.7. The van der Waals surface area contributed by atoms with E-state index in [1.807, 2.05) is 216 Å². The number of benzene rings is 7. The van der Waals surface area contributed by atoms with Crippen LogP contribution in [0.4, 0.5) is 0 Å². The van der Waals surface area contributed by atoms with Gasteiger partial charge in [0.05, 0.1) is 23.0 Å². The van der Waals surface area contributed by atoms with Gasteiger partial charge in [0.1, 0.15) is 23.0 Å². The van der Waals surface area contributed by atoms with Crippen LogP contribution in [0.1, 0.15) is 63.6 Å². The van der Waals surface area contributed by atoms with E-state index in [4.69, 9.17) is 18.9 Å². The van der Waals surface area contributed by atoms with E-state index in [9.17, 15) is 52.8 Å². The fraction of sp³-hybridized carbons (Fsp3) is 0.425. The minimum absolute atomic E-state index is 0.0207. The van der Waals surface area contributed by atoms with Gasteiger partial charge in [-0.05, 0) is 121 Å². The minimum atomic E-state index is -3.35. The molecule has 0 aliphatic carbocycles. The number of hydrogen-bond acceptors (Lipinski definition) is 16. The molecule has 584 valence electrons. The summed E-state index contributed by atoms with van der Waals surface area (Å²) in [4.78, 5) is 56.0. The van der Waals surface area contributed by atoms with Gasteiger partial charge in [0, 0.05) is 105 Å². The maximum Gasteiger partial charge on any atom is 0.260 e. The number of amides is 4. The van der Waals surface area contributed by atoms with Crippen molar-refractivity contribution in [2.75, 3.05) is 154 Å². The maximum absolute atomic E-state index is 12.7. The van der Waals surface area contributed by atoms with Crippen LogP contribution in [0.15, 0.2) is 188 Å². The zero-order chi connectivity index (χ0) is 77.5. The van der Waals surface area contributed by atoms with Crippen molar-refractivity contribution in [1.82, 2.24) is 36.8 Å². The van der Waals surface area contributed by atoms with E-state index in [1.54, 1.807) is 19.6 Å². The lowest BCUT2D eigenvalue weighted by Crippen LogP contribution is -2.52. The van der Waals surface area contributed by atoms with Crippen molar-refractivity contribution in [2.45, 2.75) is 66.7 Å². The van der Waals surface area contributed by atoms with Gasteiger partial charge in [0.25, 0.3) is 23.6 Å². The minimum Gasteiger partial charge on any atom is -0.484 e. The van der Waals surface area contributed by atoms with E-state index < -0.39 is 40.1 Å². The number of carbonyl (C=O) groups excluding carboxylic acids is 4. The molecule has 0 saturated carbocycles. The number of hydrogen-bond donors (Lipinski definition) is 0. The van der Waals surface area contributed by atoms with E-state index in [1.165, 1.54) is 22.8 Å². The first kappa shape index (κ1) is 84.9. The highest BCUT2D eigenvalue weighted by atomic mass is 32.2. The van der Waals surface area contributed by atoms with Crippen molar-refractivity contribution in [3.63, 3.8) is 0 Å². The second-order valence-electron chi connectivity index (χ2n) is 26.4. The van der Waals surface area contributed by atoms with Gasteiger partial charge < -0.3 is 38.5 Å². The van der Waals surface area contributed by atoms with Gasteiger partial charge in [-0.15, -0.1) is 0 Å². The summed E-state index contributed by atoms with van der Waals surface area (Å²) in [5, 5.41) is 0. The van der Waals surface area contributed by atoms with Crippen LogP contribution in [0.2, 0.25) is 0 Å². The molecule has 4 heterocycles. The van der Waals surface area contributed by atoms with Crippen LogP contribution >= 0.6 is 0 Å². The molecule has 7 aromatic rings. The molecule has 0 unspecified atom stereocenters. The molecule has 0 N–H and O–H groups in total. The molecule has 24 nitrogen and oxygen atoms in total. The molecule has 4 saturated heterocycles. The molecule has 0 radical (unpaired) electrons. The second kappa shape index (κ2) is 42.3. The van der Waals surface area contributed by atoms with Gasteiger partial charge in [-0.25, -0.2) is 33.7 Å². The van der Waals surface area contributed by atoms with Gasteiger partial charge >= 0.3 is 0 Å². The Balaban J connectivity index is 0.000000183. The van der Waals surface area contributed by atoms with Gasteiger partial charge in [0.2, 0.25) is 40.1 Å². The molecular weight excluding hydrogens is 1460 g/mol. The number of piperazine rings is 4. The Labute approximate surface area is 639 Å². The lowest BCUT2D eigenvalue weighted by Gasteiger charge is -2.34. The third-order valence-corrected chi connectivity index (χ3v) is 26.6. The van der Waals surface area contributed by atoms with E-state index in [0.717, 1.165) is 39.8 Å². The maximum atomic E-state index is 12.7. The Morgan fingerprint density at radius 1 is 0.287 bits per heavy atom. The zero-order valence-corrected chi connectivity index (χ0v) is 65.9. The highest BCUT2D eigenvalue weighted by molar-refractivity contribution is 7.89. The Kier molecular flexibility index (Phi) is 33.2. The molecule has 0 aromatic heterocycles. The highest BCUT2D eigenvalue weighted by Crippen LogP contribution is 2.25. The average molecular weight is 1560 g/mol. The number of nitrogens with zero attached hydrogens (tertiary/aromatic N) is 8. The molecule has 0 spiro atoms. The summed E-state index contributed by atoms with van der Waals surface area (Å²) in [6.45, 7) is 15.4. The van der Waals surface area contributed by atoms with Crippen molar-refractivity contribution in [3.8, 4) is 45.3 Å². The largest absolute Gasteiger partial charge is 0.484 e. The van der Waals surface area contributed by atoms with Gasteiger partial charge in [-0.1, -0.05) is 173 Å². The summed E-state index contributed by atoms with van der Waals surface area (Å²) in [7, 11) is -12.9. The SMILES string of the molecule is CCCS(=O)(=O)N1CCN(C(=O)COc2ccc(-c3ccccc3)cc2)CC1.CCCS(=O)(=O)N1CCN(C(=O)COc2ccc(C)cc2)CC1.CCCS(=O)(=O)N1CCN(C(=O)COc2ccc(CC)cc2)CC1.O=C(COc1ccc(-c2ccccc2)cc1)N1CCN(S(=O)(=O)CCc2ccccc2)CC1. The molecule has 4 aliphatic rings. The van der Waals surface area contributed by atoms with Crippen LogP contribution in [0, 0.1) is 6.92 Å². The molecular formula is C80H104N8O16S4. The molecule has 108 heavy (non-hydrogen) atoms. The standard InChI is InChI=1S/C26H28N2O4S.C21H26N2O4S.C17H26N2O4S.C16H24N2O4S/c29-26(21-32-25-13-11-24(12-14-25)23-9-5-2-6-10-23)27-16-18-28(19-17-27)33(30,31)20-15-22-7-3-1-4-8-22;1-2-16-28(25,26)23-14-12-22(13-15-23)21(24)17-27-20-10-8-19(9-11-20)18-6-4-3-5-7-18;1-3-13-24(21,22)19-11-9-18(10-12-19)17(20)14-23-16-7-5-15(4-2)6-8-16;1-3-12-23(20,21)18-10-8-17(9-11-18)16(19)13-22-15-6-4-14(2)5-7-15/h1-14H,15-21H2;3-11H,2,12-17H2,1H3;5-8H,3-4,9-14H2,1-2H3;4-7H,3,8-13H2,1-2H3. The van der Waals surface area contributed by atoms with Gasteiger partial charge in [-0.2, -0.15) is 17.2 Å². The number of rotatable bonds is 28. The molecule has 4 fully saturated rings. The molecule has 7 aromatic carbocycles. The fourth-order valence-corrected chi connectivity index (χ4v) is 18.1. The summed E-state index contributed by atoms with van der Waals surface area (Å²) in [6.07, 6.45) is 3.25. The summed E-state index contributed by atoms with van der Waals surface area (Å²) in [6, 6.07) is 60.2. The third kappa shape index (κ3) is 26.8. The first-order chi connectivity index (χ1) is 51.9. The average Bonchev–Trinajstić information content (AvgIpc) is 0.846. The Bertz CT molecular complexity index is 4390. The van der Waals surface area contributed by atoms with E-state index in [-0.39, 0.29) is 73.1 Å². The third-order valence-electron chi connectivity index (χ3n) is 18.5. The van der Waals surface area contributed by atoms with Crippen molar-refractivity contribution >= 4 is 63.7 Å². The zero-order valence-electron chi connectivity index (χ0n) is 62.6. The molecule has 11 rings (SSSR count). The van der Waals surface area contributed by atoms with Crippen LogP contribution in [-0.4, -0.2) is 248 Å². The quantitative estimate of drug-likeness (QED) is 0.0443. The number of carbonyl (C=O) groups is 4. The number of aryl methyl sites for hydroxylation is 3. The Morgan fingerprint density at radius 2 is 0.528 bits per heavy atom. The predicted octanol–water partition coefficient (Wildman–Crippen LogP) is 8.84. The first-order valence-corrected chi connectivity index (χ1v) is 43.4. The summed E-state index contributed by atoms with van der Waals surface area (Å²) < 4.78 is 126. The van der Waals surface area contributed by atoms with Crippen molar-refractivity contribution < 1.29 is 71.8 Å². The smallest absolute Gasteiger partial charge is 0.260 e. The van der Waals surface area contributed by atoms with Crippen molar-refractivity contribution in [2.24, 2.45) is 0 Å².